The van der Waals surface area contributed by atoms with Crippen molar-refractivity contribution in [3.63, 3.8) is 0 Å². The zero-order valence-electron chi connectivity index (χ0n) is 11.1. The predicted octanol–water partition coefficient (Wildman–Crippen LogP) is 0.0378. The fraction of sp³-hybridized carbons (Fsp3) is 0.583. The molecule has 1 amide bonds. The zero-order valence-corrected chi connectivity index (χ0v) is 11.1. The van der Waals surface area contributed by atoms with Crippen LogP contribution in [0.25, 0.3) is 0 Å². The fourth-order valence-corrected chi connectivity index (χ4v) is 2.10. The Hall–Kier alpha value is -2.09. The Morgan fingerprint density at radius 2 is 2.05 bits per heavy atom. The highest BCUT2D eigenvalue weighted by atomic mass is 16.5. The molecule has 0 aliphatic carbocycles. The lowest BCUT2D eigenvalue weighted by molar-refractivity contribution is 0.148. The monoisotopic (exact) mass is 282 g/mol. The molecule has 0 atom stereocenters. The molecule has 8 nitrogen and oxygen atoms in total. The van der Waals surface area contributed by atoms with Crippen molar-refractivity contribution in [2.24, 2.45) is 0 Å². The van der Waals surface area contributed by atoms with Crippen LogP contribution in [-0.2, 0) is 0 Å². The number of aliphatic hydroxyl groups is 1. The van der Waals surface area contributed by atoms with Gasteiger partial charge in [-0.05, 0) is 6.42 Å². The maximum absolute atomic E-state index is 11.0. The second-order valence-electron chi connectivity index (χ2n) is 4.37. The minimum absolute atomic E-state index is 0.0944. The molecule has 8 heteroatoms. The van der Waals surface area contributed by atoms with E-state index >= 15 is 0 Å². The van der Waals surface area contributed by atoms with Crippen molar-refractivity contribution >= 4 is 11.9 Å². The van der Waals surface area contributed by atoms with E-state index in [4.69, 9.17) is 14.9 Å². The molecule has 2 N–H and O–H groups in total. The standard InChI is InChI=1S/C12H18N4O4/c17-8-9-20-11-10(13-2-3-14-11)15-4-1-5-16(7-6-15)12(18)19/h2-3,17H,1,4-9H2,(H,18,19). The molecule has 110 valence electrons. The van der Waals surface area contributed by atoms with E-state index < -0.39 is 6.09 Å². The van der Waals surface area contributed by atoms with Gasteiger partial charge in [-0.25, -0.2) is 14.8 Å². The average Bonchev–Trinajstić information content (AvgIpc) is 2.71. The topological polar surface area (TPSA) is 99.0 Å². The number of rotatable bonds is 4. The first-order chi connectivity index (χ1) is 9.72. The lowest BCUT2D eigenvalue weighted by Crippen LogP contribution is -2.34. The van der Waals surface area contributed by atoms with Crippen LogP contribution in [0.4, 0.5) is 10.6 Å². The molecule has 0 bridgehead atoms. The number of hydrogen-bond donors (Lipinski definition) is 2. The van der Waals surface area contributed by atoms with Gasteiger partial charge in [0, 0.05) is 38.6 Å². The number of amides is 1. The summed E-state index contributed by atoms with van der Waals surface area (Å²) in [6.45, 7) is 2.23. The van der Waals surface area contributed by atoms with Crippen LogP contribution in [-0.4, -0.2) is 70.6 Å². The van der Waals surface area contributed by atoms with Crippen molar-refractivity contribution in [1.29, 1.82) is 0 Å². The molecule has 2 rings (SSSR count). The molecule has 0 spiro atoms. The number of carbonyl (C=O) groups is 1. The van der Waals surface area contributed by atoms with Gasteiger partial charge >= 0.3 is 6.09 Å². The SMILES string of the molecule is O=C(O)N1CCCN(c2nccnc2OCCO)CC1. The highest BCUT2D eigenvalue weighted by molar-refractivity contribution is 5.65. The quantitative estimate of drug-likeness (QED) is 0.804. The van der Waals surface area contributed by atoms with Crippen LogP contribution in [0.5, 0.6) is 5.88 Å². The Morgan fingerprint density at radius 1 is 1.25 bits per heavy atom. The maximum atomic E-state index is 11.0. The number of aromatic nitrogens is 2. The number of aliphatic hydroxyl groups excluding tert-OH is 1. The number of anilines is 1. The summed E-state index contributed by atoms with van der Waals surface area (Å²) in [6.07, 6.45) is 2.92. The molecule has 1 fully saturated rings. The van der Waals surface area contributed by atoms with Gasteiger partial charge in [0.05, 0.1) is 6.61 Å². The van der Waals surface area contributed by atoms with Crippen LogP contribution >= 0.6 is 0 Å². The number of hydrogen-bond acceptors (Lipinski definition) is 6. The summed E-state index contributed by atoms with van der Waals surface area (Å²) in [5.74, 6) is 0.957. The minimum Gasteiger partial charge on any atom is -0.473 e. The zero-order chi connectivity index (χ0) is 14.4. The van der Waals surface area contributed by atoms with Gasteiger partial charge in [-0.15, -0.1) is 0 Å². The molecule has 1 aromatic rings. The van der Waals surface area contributed by atoms with Crippen molar-refractivity contribution < 1.29 is 19.7 Å². The Labute approximate surface area is 116 Å². The van der Waals surface area contributed by atoms with E-state index in [2.05, 4.69) is 9.97 Å². The normalized spacial score (nSPS) is 15.8. The van der Waals surface area contributed by atoms with Crippen molar-refractivity contribution in [2.75, 3.05) is 44.3 Å². The molecule has 0 aromatic carbocycles. The summed E-state index contributed by atoms with van der Waals surface area (Å²) >= 11 is 0. The van der Waals surface area contributed by atoms with Crippen LogP contribution < -0.4 is 9.64 Å². The van der Waals surface area contributed by atoms with Gasteiger partial charge in [-0.1, -0.05) is 0 Å². The largest absolute Gasteiger partial charge is 0.473 e. The van der Waals surface area contributed by atoms with Gasteiger partial charge in [-0.3, -0.25) is 0 Å². The Kier molecular flexibility index (Phi) is 4.94. The van der Waals surface area contributed by atoms with Crippen molar-refractivity contribution in [3.8, 4) is 5.88 Å². The molecule has 1 aromatic heterocycles. The first kappa shape index (κ1) is 14.3. The first-order valence-corrected chi connectivity index (χ1v) is 6.50. The van der Waals surface area contributed by atoms with Gasteiger partial charge in [-0.2, -0.15) is 0 Å². The van der Waals surface area contributed by atoms with E-state index in [1.54, 1.807) is 6.20 Å². The summed E-state index contributed by atoms with van der Waals surface area (Å²) in [5, 5.41) is 17.8. The van der Waals surface area contributed by atoms with E-state index in [0.717, 1.165) is 6.42 Å². The minimum atomic E-state index is -0.900. The van der Waals surface area contributed by atoms with E-state index in [0.29, 0.717) is 37.9 Å². The third-order valence-corrected chi connectivity index (χ3v) is 3.04. The molecule has 1 saturated heterocycles. The first-order valence-electron chi connectivity index (χ1n) is 6.50. The molecule has 0 radical (unpaired) electrons. The Morgan fingerprint density at radius 3 is 2.80 bits per heavy atom. The van der Waals surface area contributed by atoms with Gasteiger partial charge in [0.25, 0.3) is 5.88 Å². The molecule has 1 aliphatic heterocycles. The molecule has 20 heavy (non-hydrogen) atoms. The summed E-state index contributed by atoms with van der Waals surface area (Å²) in [6, 6.07) is 0. The molecular formula is C12H18N4O4. The predicted molar refractivity (Wildman–Crippen MR) is 71.0 cm³/mol. The average molecular weight is 282 g/mol. The van der Waals surface area contributed by atoms with Crippen molar-refractivity contribution in [2.45, 2.75) is 6.42 Å². The van der Waals surface area contributed by atoms with E-state index in [1.165, 1.54) is 11.1 Å². The number of ether oxygens (including phenoxy) is 1. The van der Waals surface area contributed by atoms with E-state index in [1.807, 2.05) is 4.90 Å². The molecule has 2 heterocycles. The fourth-order valence-electron chi connectivity index (χ4n) is 2.10. The van der Waals surface area contributed by atoms with Gasteiger partial charge in [0.2, 0.25) is 0 Å². The van der Waals surface area contributed by atoms with Crippen LogP contribution in [0.15, 0.2) is 12.4 Å². The summed E-state index contributed by atoms with van der Waals surface area (Å²) in [5.41, 5.74) is 0. The smallest absolute Gasteiger partial charge is 0.407 e. The highest BCUT2D eigenvalue weighted by Crippen LogP contribution is 2.23. The van der Waals surface area contributed by atoms with Gasteiger partial charge in [0.15, 0.2) is 5.82 Å². The van der Waals surface area contributed by atoms with Gasteiger partial charge in [0.1, 0.15) is 6.61 Å². The van der Waals surface area contributed by atoms with Crippen LogP contribution in [0.3, 0.4) is 0 Å². The van der Waals surface area contributed by atoms with E-state index in [-0.39, 0.29) is 13.2 Å². The lowest BCUT2D eigenvalue weighted by atomic mass is 10.4. The molecule has 0 saturated carbocycles. The highest BCUT2D eigenvalue weighted by Gasteiger charge is 2.21. The van der Waals surface area contributed by atoms with E-state index in [9.17, 15) is 4.79 Å². The third-order valence-electron chi connectivity index (χ3n) is 3.04. The number of nitrogens with zero attached hydrogens (tertiary/aromatic N) is 4. The summed E-state index contributed by atoms with van der Waals surface area (Å²) < 4.78 is 5.36. The van der Waals surface area contributed by atoms with Crippen LogP contribution in [0, 0.1) is 0 Å². The van der Waals surface area contributed by atoms with Crippen molar-refractivity contribution in [1.82, 2.24) is 14.9 Å². The van der Waals surface area contributed by atoms with Gasteiger partial charge < -0.3 is 24.7 Å². The second-order valence-corrected chi connectivity index (χ2v) is 4.37. The molecule has 1 aliphatic rings. The second kappa shape index (κ2) is 6.90. The molecule has 0 unspecified atom stereocenters. The Bertz CT molecular complexity index is 457. The third kappa shape index (κ3) is 3.47. The van der Waals surface area contributed by atoms with Crippen LogP contribution in [0.2, 0.25) is 0 Å². The van der Waals surface area contributed by atoms with Crippen LogP contribution in [0.1, 0.15) is 6.42 Å². The maximum Gasteiger partial charge on any atom is 0.407 e. The van der Waals surface area contributed by atoms with Crippen molar-refractivity contribution in [3.05, 3.63) is 12.4 Å². The summed E-state index contributed by atoms with van der Waals surface area (Å²) in [4.78, 5) is 22.7. The number of carboxylic acid groups (broad SMARTS) is 1. The molecular weight excluding hydrogens is 264 g/mol. The lowest BCUT2D eigenvalue weighted by Gasteiger charge is -2.23. The Balaban J connectivity index is 2.09. The summed E-state index contributed by atoms with van der Waals surface area (Å²) in [7, 11) is 0.